The maximum Gasteiger partial charge on any atom is 0.252 e. The number of ether oxygens (including phenoxy) is 1. The van der Waals surface area contributed by atoms with Crippen LogP contribution in [0, 0.1) is 5.82 Å². The third-order valence-corrected chi connectivity index (χ3v) is 5.72. The third kappa shape index (κ3) is 5.37. The van der Waals surface area contributed by atoms with Gasteiger partial charge in [-0.3, -0.25) is 9.59 Å². The summed E-state index contributed by atoms with van der Waals surface area (Å²) in [5, 5.41) is 3.71. The lowest BCUT2D eigenvalue weighted by Gasteiger charge is -2.33. The van der Waals surface area contributed by atoms with Crippen molar-refractivity contribution in [2.45, 2.75) is 38.8 Å². The van der Waals surface area contributed by atoms with E-state index in [-0.39, 0.29) is 30.1 Å². The number of aryl methyl sites for hydroxylation is 1. The minimum atomic E-state index is -0.439. The average molecular weight is 450 g/mol. The predicted octanol–water partition coefficient (Wildman–Crippen LogP) is 4.04. The molecule has 1 saturated heterocycles. The highest BCUT2D eigenvalue weighted by Crippen LogP contribution is 2.26. The molecule has 0 bridgehead atoms. The molecule has 0 spiro atoms. The molecule has 2 heterocycles. The number of halogens is 1. The Kier molecular flexibility index (Phi) is 6.99. The lowest BCUT2D eigenvalue weighted by molar-refractivity contribution is -0.139. The number of carbonyl (C=O) groups excluding carboxylic acids is 2. The van der Waals surface area contributed by atoms with Crippen LogP contribution < -0.4 is 5.32 Å². The van der Waals surface area contributed by atoms with E-state index in [1.807, 2.05) is 38.1 Å². The van der Waals surface area contributed by atoms with Gasteiger partial charge in [-0.05, 0) is 44.0 Å². The second kappa shape index (κ2) is 10.1. The fourth-order valence-corrected chi connectivity index (χ4v) is 4.04. The van der Waals surface area contributed by atoms with Crippen molar-refractivity contribution in [2.24, 2.45) is 0 Å². The zero-order valence-corrected chi connectivity index (χ0v) is 18.9. The van der Waals surface area contributed by atoms with Crippen molar-refractivity contribution >= 4 is 22.7 Å². The molecule has 0 unspecified atom stereocenters. The number of hydrogen-bond donors (Lipinski definition) is 1. The molecule has 0 saturated carbocycles. The number of fused-ring (bicyclic) bond motifs is 1. The second-order valence-electron chi connectivity index (χ2n) is 8.53. The normalized spacial score (nSPS) is 16.2. The highest BCUT2D eigenvalue weighted by Gasteiger charge is 2.27. The number of para-hydroxylation sites is 1. The van der Waals surface area contributed by atoms with E-state index in [1.54, 1.807) is 29.2 Å². The zero-order chi connectivity index (χ0) is 23.4. The zero-order valence-electron chi connectivity index (χ0n) is 18.9. The molecule has 6 nitrogen and oxygen atoms in total. The van der Waals surface area contributed by atoms with E-state index in [2.05, 4.69) is 5.32 Å². The summed E-state index contributed by atoms with van der Waals surface area (Å²) in [5.41, 5.74) is 2.40. The summed E-state index contributed by atoms with van der Waals surface area (Å²) in [6, 6.07) is 15.8. The smallest absolute Gasteiger partial charge is 0.252 e. The van der Waals surface area contributed by atoms with Crippen LogP contribution in [0.15, 0.2) is 54.6 Å². The Bertz CT molecular complexity index is 1160. The van der Waals surface area contributed by atoms with Gasteiger partial charge in [-0.15, -0.1) is 0 Å². The average Bonchev–Trinajstić information content (AvgIpc) is 2.82. The number of amides is 2. The van der Waals surface area contributed by atoms with Crippen LogP contribution >= 0.6 is 0 Å². The highest BCUT2D eigenvalue weighted by molar-refractivity contribution is 6.06. The molecule has 1 atom stereocenters. The first-order valence-corrected chi connectivity index (χ1v) is 11.3. The summed E-state index contributed by atoms with van der Waals surface area (Å²) in [7, 11) is 0. The quantitative estimate of drug-likeness (QED) is 0.617. The van der Waals surface area contributed by atoms with E-state index in [9.17, 15) is 14.0 Å². The number of nitrogens with zero attached hydrogens (tertiary/aromatic N) is 2. The van der Waals surface area contributed by atoms with Gasteiger partial charge in [0.25, 0.3) is 5.91 Å². The van der Waals surface area contributed by atoms with Crippen molar-refractivity contribution in [3.05, 3.63) is 77.2 Å². The van der Waals surface area contributed by atoms with Crippen molar-refractivity contribution in [1.82, 2.24) is 15.2 Å². The van der Waals surface area contributed by atoms with Crippen molar-refractivity contribution in [3.8, 4) is 0 Å². The van der Waals surface area contributed by atoms with Crippen LogP contribution in [0.3, 0.4) is 0 Å². The maximum absolute atomic E-state index is 13.9. The van der Waals surface area contributed by atoms with Crippen LogP contribution in [0.2, 0.25) is 0 Å². The number of rotatable bonds is 6. The fourth-order valence-electron chi connectivity index (χ4n) is 4.04. The van der Waals surface area contributed by atoms with Crippen molar-refractivity contribution in [2.75, 3.05) is 19.7 Å². The number of benzene rings is 2. The van der Waals surface area contributed by atoms with Gasteiger partial charge in [-0.1, -0.05) is 36.4 Å². The molecule has 0 aliphatic carbocycles. The maximum atomic E-state index is 13.9. The third-order valence-electron chi connectivity index (χ3n) is 5.72. The van der Waals surface area contributed by atoms with Gasteiger partial charge >= 0.3 is 0 Å². The molecule has 1 fully saturated rings. The van der Waals surface area contributed by atoms with E-state index in [4.69, 9.17) is 9.72 Å². The minimum Gasteiger partial charge on any atom is -0.368 e. The number of nitrogens with one attached hydrogen (secondary N) is 1. The van der Waals surface area contributed by atoms with Crippen molar-refractivity contribution in [1.29, 1.82) is 0 Å². The van der Waals surface area contributed by atoms with Gasteiger partial charge in [0.05, 0.1) is 29.9 Å². The van der Waals surface area contributed by atoms with Crippen LogP contribution in [0.25, 0.3) is 10.9 Å². The molecule has 3 aromatic rings. The van der Waals surface area contributed by atoms with Crippen molar-refractivity contribution < 1.29 is 18.7 Å². The van der Waals surface area contributed by atoms with Crippen LogP contribution in [0.1, 0.15) is 48.0 Å². The Labute approximate surface area is 192 Å². The molecule has 1 aromatic heterocycles. The van der Waals surface area contributed by atoms with Crippen LogP contribution in [0.5, 0.6) is 0 Å². The minimum absolute atomic E-state index is 0.00127. The SMILES string of the molecule is CC(C)NC(=O)c1cc([C@H]2CN(C(=O)CCc3ccccc3F)CCO2)nc2ccccc12. The molecule has 2 aromatic carbocycles. The number of pyridine rings is 1. The van der Waals surface area contributed by atoms with Gasteiger partial charge in [0.2, 0.25) is 5.91 Å². The Morgan fingerprint density at radius 1 is 1.18 bits per heavy atom. The second-order valence-corrected chi connectivity index (χ2v) is 8.53. The van der Waals surface area contributed by atoms with Crippen LogP contribution in [-0.2, 0) is 16.0 Å². The van der Waals surface area contributed by atoms with Gasteiger partial charge in [-0.25, -0.2) is 9.37 Å². The molecular formula is C26H28FN3O3. The molecule has 1 aliphatic rings. The number of morpholine rings is 1. The van der Waals surface area contributed by atoms with Gasteiger partial charge < -0.3 is 15.0 Å². The molecule has 7 heteroatoms. The molecule has 1 aliphatic heterocycles. The lowest BCUT2D eigenvalue weighted by Crippen LogP contribution is -2.42. The summed E-state index contributed by atoms with van der Waals surface area (Å²) in [6.07, 6.45) is 0.133. The summed E-state index contributed by atoms with van der Waals surface area (Å²) in [6.45, 7) is 5.01. The predicted molar refractivity (Wildman–Crippen MR) is 124 cm³/mol. The van der Waals surface area contributed by atoms with E-state index in [1.165, 1.54) is 6.07 Å². The van der Waals surface area contributed by atoms with Gasteiger partial charge in [0, 0.05) is 24.4 Å². The number of aromatic nitrogens is 1. The Morgan fingerprint density at radius 2 is 1.94 bits per heavy atom. The van der Waals surface area contributed by atoms with E-state index >= 15 is 0 Å². The van der Waals surface area contributed by atoms with Crippen molar-refractivity contribution in [3.63, 3.8) is 0 Å². The molecular weight excluding hydrogens is 421 g/mol. The van der Waals surface area contributed by atoms with E-state index < -0.39 is 6.10 Å². The Balaban J connectivity index is 1.52. The van der Waals surface area contributed by atoms with E-state index in [0.29, 0.717) is 48.5 Å². The van der Waals surface area contributed by atoms with Crippen LogP contribution in [0.4, 0.5) is 4.39 Å². The largest absolute Gasteiger partial charge is 0.368 e. The molecule has 33 heavy (non-hydrogen) atoms. The fraction of sp³-hybridized carbons (Fsp3) is 0.346. The molecule has 0 radical (unpaired) electrons. The molecule has 4 rings (SSSR count). The molecule has 2 amide bonds. The Morgan fingerprint density at radius 3 is 2.73 bits per heavy atom. The molecule has 1 N–H and O–H groups in total. The number of hydrogen-bond acceptors (Lipinski definition) is 4. The van der Waals surface area contributed by atoms with Gasteiger partial charge in [0.15, 0.2) is 0 Å². The highest BCUT2D eigenvalue weighted by atomic mass is 19.1. The van der Waals surface area contributed by atoms with E-state index in [0.717, 1.165) is 5.39 Å². The summed E-state index contributed by atoms with van der Waals surface area (Å²) in [5.74, 6) is -0.513. The topological polar surface area (TPSA) is 71.5 Å². The first-order valence-electron chi connectivity index (χ1n) is 11.3. The first-order chi connectivity index (χ1) is 15.9. The summed E-state index contributed by atoms with van der Waals surface area (Å²) >= 11 is 0. The standard InChI is InChI=1S/C26H28FN3O3/c1-17(2)28-26(32)20-15-23(29-22-10-6-4-8-19(20)22)24-16-30(13-14-33-24)25(31)12-11-18-7-3-5-9-21(18)27/h3-10,15,17,24H,11-14,16H2,1-2H3,(H,28,32)/t24-/m1/s1. The lowest BCUT2D eigenvalue weighted by atomic mass is 10.0. The van der Waals surface area contributed by atoms with Gasteiger partial charge in [0.1, 0.15) is 11.9 Å². The summed E-state index contributed by atoms with van der Waals surface area (Å²) < 4.78 is 19.8. The number of carbonyl (C=O) groups is 2. The summed E-state index contributed by atoms with van der Waals surface area (Å²) in [4.78, 5) is 32.1. The van der Waals surface area contributed by atoms with Crippen LogP contribution in [-0.4, -0.2) is 47.4 Å². The first kappa shape index (κ1) is 22.9. The molecule has 172 valence electrons. The Hall–Kier alpha value is -3.32. The monoisotopic (exact) mass is 449 g/mol. The van der Waals surface area contributed by atoms with Gasteiger partial charge in [-0.2, -0.15) is 0 Å².